The molecule has 0 unspecified atom stereocenters. The van der Waals surface area contributed by atoms with Gasteiger partial charge in [0.15, 0.2) is 0 Å². The summed E-state index contributed by atoms with van der Waals surface area (Å²) in [5.41, 5.74) is 3.38. The van der Waals surface area contributed by atoms with Gasteiger partial charge in [0, 0.05) is 22.2 Å². The number of nitrogens with zero attached hydrogens (tertiary/aromatic N) is 1. The summed E-state index contributed by atoms with van der Waals surface area (Å²) >= 11 is 1.53. The highest BCUT2D eigenvalue weighted by atomic mass is 32.2. The molecule has 4 nitrogen and oxygen atoms in total. The molecular weight excluding hydrogens is 407 g/mol. The highest BCUT2D eigenvalue weighted by Crippen LogP contribution is 2.30. The molecule has 146 valence electrons. The average Bonchev–Trinajstić information content (AvgIpc) is 3.18. The fraction of sp³-hybridized carbons (Fsp3) is 0.0455. The number of hydrogen-bond donors (Lipinski definition) is 1. The summed E-state index contributed by atoms with van der Waals surface area (Å²) in [5, 5.41) is 2.84. The summed E-state index contributed by atoms with van der Waals surface area (Å²) in [5.74, 6) is -0.471. The maximum Gasteiger partial charge on any atom is 0.262 e. The van der Waals surface area contributed by atoms with E-state index in [4.69, 9.17) is 0 Å². The maximum atomic E-state index is 13.3. The largest absolute Gasteiger partial charge is 0.280 e. The van der Waals surface area contributed by atoms with E-state index in [9.17, 15) is 12.8 Å². The third-order valence-electron chi connectivity index (χ3n) is 4.36. The fourth-order valence-corrected chi connectivity index (χ4v) is 5.10. The van der Waals surface area contributed by atoms with Crippen LogP contribution in [-0.2, 0) is 10.0 Å². The van der Waals surface area contributed by atoms with Crippen LogP contribution in [-0.4, -0.2) is 13.4 Å². The van der Waals surface area contributed by atoms with Gasteiger partial charge in [0.1, 0.15) is 10.8 Å². The molecule has 0 spiro atoms. The first-order valence-electron chi connectivity index (χ1n) is 8.83. The number of nitrogens with one attached hydrogen (secondary N) is 1. The second-order valence-electron chi connectivity index (χ2n) is 6.50. The minimum absolute atomic E-state index is 0.0457. The van der Waals surface area contributed by atoms with Crippen LogP contribution in [0.4, 0.5) is 10.1 Å². The van der Waals surface area contributed by atoms with Crippen molar-refractivity contribution >= 4 is 27.0 Å². The number of benzene rings is 3. The van der Waals surface area contributed by atoms with Crippen LogP contribution in [0.25, 0.3) is 21.8 Å². The molecular formula is C22H17FN2O2S2. The molecule has 0 saturated heterocycles. The minimum atomic E-state index is -3.83. The van der Waals surface area contributed by atoms with Crippen LogP contribution >= 0.6 is 11.3 Å². The molecule has 0 bridgehead atoms. The lowest BCUT2D eigenvalue weighted by atomic mass is 10.1. The van der Waals surface area contributed by atoms with E-state index in [1.54, 1.807) is 25.1 Å². The summed E-state index contributed by atoms with van der Waals surface area (Å²) in [4.78, 5) is 4.72. The molecule has 3 aromatic carbocycles. The summed E-state index contributed by atoms with van der Waals surface area (Å²) in [6.07, 6.45) is 0. The van der Waals surface area contributed by atoms with Gasteiger partial charge < -0.3 is 0 Å². The topological polar surface area (TPSA) is 59.1 Å². The van der Waals surface area contributed by atoms with E-state index >= 15 is 0 Å². The second-order valence-corrected chi connectivity index (χ2v) is 9.01. The van der Waals surface area contributed by atoms with Gasteiger partial charge in [-0.1, -0.05) is 42.5 Å². The molecule has 0 radical (unpaired) electrons. The van der Waals surface area contributed by atoms with Crippen LogP contribution in [0.2, 0.25) is 0 Å². The predicted octanol–water partition coefficient (Wildman–Crippen LogP) is 5.73. The lowest BCUT2D eigenvalue weighted by Gasteiger charge is -2.11. The molecule has 0 fully saturated rings. The van der Waals surface area contributed by atoms with Crippen LogP contribution in [0.5, 0.6) is 0 Å². The Bertz CT molecular complexity index is 1270. The molecule has 1 N–H and O–H groups in total. The van der Waals surface area contributed by atoms with E-state index in [-0.39, 0.29) is 4.90 Å². The smallest absolute Gasteiger partial charge is 0.262 e. The van der Waals surface area contributed by atoms with Crippen LogP contribution in [0.15, 0.2) is 83.1 Å². The zero-order valence-electron chi connectivity index (χ0n) is 15.5. The monoisotopic (exact) mass is 424 g/mol. The number of halogens is 1. The van der Waals surface area contributed by atoms with Crippen LogP contribution in [0, 0.1) is 12.7 Å². The van der Waals surface area contributed by atoms with Crippen molar-refractivity contribution in [1.82, 2.24) is 4.98 Å². The van der Waals surface area contributed by atoms with E-state index in [1.807, 2.05) is 41.8 Å². The Hall–Kier alpha value is -3.03. The number of aromatic nitrogens is 1. The molecule has 4 aromatic rings. The summed E-state index contributed by atoms with van der Waals surface area (Å²) in [6.45, 7) is 1.56. The highest BCUT2D eigenvalue weighted by molar-refractivity contribution is 7.92. The molecule has 0 amide bonds. The van der Waals surface area contributed by atoms with Crippen molar-refractivity contribution in [3.05, 3.63) is 89.6 Å². The van der Waals surface area contributed by atoms with Gasteiger partial charge in [-0.05, 0) is 42.8 Å². The molecule has 0 aliphatic rings. The Kier molecular flexibility index (Phi) is 5.17. The average molecular weight is 425 g/mol. The quantitative estimate of drug-likeness (QED) is 0.445. The molecule has 0 aliphatic carbocycles. The van der Waals surface area contributed by atoms with E-state index < -0.39 is 15.8 Å². The van der Waals surface area contributed by atoms with E-state index in [0.717, 1.165) is 27.9 Å². The third kappa shape index (κ3) is 4.21. The summed E-state index contributed by atoms with van der Waals surface area (Å²) in [7, 11) is -3.83. The van der Waals surface area contributed by atoms with Gasteiger partial charge in [-0.25, -0.2) is 17.8 Å². The van der Waals surface area contributed by atoms with Gasteiger partial charge in [0.25, 0.3) is 10.0 Å². The normalized spacial score (nSPS) is 11.4. The minimum Gasteiger partial charge on any atom is -0.280 e. The zero-order valence-corrected chi connectivity index (χ0v) is 17.1. The van der Waals surface area contributed by atoms with Gasteiger partial charge in [-0.15, -0.1) is 11.3 Å². The second kappa shape index (κ2) is 7.77. The third-order valence-corrected chi connectivity index (χ3v) is 6.79. The van der Waals surface area contributed by atoms with E-state index in [1.165, 1.54) is 23.5 Å². The lowest BCUT2D eigenvalue weighted by Crippen LogP contribution is -2.14. The fourth-order valence-electron chi connectivity index (χ4n) is 2.99. The SMILES string of the molecule is Cc1cc(F)ccc1S(=O)(=O)Nc1cccc(-c2csc(-c3ccccc3)n2)c1. The lowest BCUT2D eigenvalue weighted by molar-refractivity contribution is 0.598. The Balaban J connectivity index is 1.62. The van der Waals surface area contributed by atoms with Crippen molar-refractivity contribution in [2.24, 2.45) is 0 Å². The standard InChI is InChI=1S/C22H17FN2O2S2/c1-15-12-18(23)10-11-21(15)29(26,27)25-19-9-5-8-17(13-19)20-14-28-22(24-20)16-6-3-2-4-7-16/h2-14,25H,1H3. The molecule has 4 rings (SSSR count). The first-order valence-corrected chi connectivity index (χ1v) is 11.2. The summed E-state index contributed by atoms with van der Waals surface area (Å²) in [6, 6.07) is 20.5. The van der Waals surface area contributed by atoms with E-state index in [0.29, 0.717) is 11.3 Å². The Morgan fingerprint density at radius 1 is 0.931 bits per heavy atom. The van der Waals surface area contributed by atoms with Gasteiger partial charge >= 0.3 is 0 Å². The molecule has 1 aromatic heterocycles. The Morgan fingerprint density at radius 3 is 2.45 bits per heavy atom. The van der Waals surface area contributed by atoms with Crippen molar-refractivity contribution in [2.75, 3.05) is 4.72 Å². The highest BCUT2D eigenvalue weighted by Gasteiger charge is 2.18. The van der Waals surface area contributed by atoms with Gasteiger partial charge in [0.05, 0.1) is 10.6 Å². The molecule has 0 saturated carbocycles. The van der Waals surface area contributed by atoms with Crippen molar-refractivity contribution in [3.8, 4) is 21.8 Å². The zero-order chi connectivity index (χ0) is 20.4. The molecule has 7 heteroatoms. The predicted molar refractivity (Wildman–Crippen MR) is 115 cm³/mol. The number of sulfonamides is 1. The van der Waals surface area contributed by atoms with Crippen molar-refractivity contribution in [1.29, 1.82) is 0 Å². The number of aryl methyl sites for hydroxylation is 1. The molecule has 1 heterocycles. The van der Waals surface area contributed by atoms with Crippen LogP contribution in [0.3, 0.4) is 0 Å². The maximum absolute atomic E-state index is 13.3. The van der Waals surface area contributed by atoms with E-state index in [2.05, 4.69) is 9.71 Å². The molecule has 0 aliphatic heterocycles. The number of anilines is 1. The number of hydrogen-bond acceptors (Lipinski definition) is 4. The molecule has 29 heavy (non-hydrogen) atoms. The number of thiazole rings is 1. The summed E-state index contributed by atoms with van der Waals surface area (Å²) < 4.78 is 41.3. The van der Waals surface area contributed by atoms with Crippen molar-refractivity contribution < 1.29 is 12.8 Å². The number of rotatable bonds is 5. The first kappa shape index (κ1) is 19.3. The Labute approximate surface area is 172 Å². The van der Waals surface area contributed by atoms with Gasteiger partial charge in [-0.3, -0.25) is 4.72 Å². The molecule has 0 atom stereocenters. The van der Waals surface area contributed by atoms with Gasteiger partial charge in [-0.2, -0.15) is 0 Å². The van der Waals surface area contributed by atoms with Gasteiger partial charge in [0.2, 0.25) is 0 Å². The van der Waals surface area contributed by atoms with Crippen LogP contribution in [0.1, 0.15) is 5.56 Å². The van der Waals surface area contributed by atoms with Crippen LogP contribution < -0.4 is 4.72 Å². The Morgan fingerprint density at radius 2 is 1.69 bits per heavy atom. The first-order chi connectivity index (χ1) is 13.9. The van der Waals surface area contributed by atoms with Crippen molar-refractivity contribution in [3.63, 3.8) is 0 Å². The van der Waals surface area contributed by atoms with Crippen molar-refractivity contribution in [2.45, 2.75) is 11.8 Å².